The molecule has 3 nitrogen and oxygen atoms in total. The number of cyclic esters (lactones) is 1. The second-order valence-corrected chi connectivity index (χ2v) is 2.29. The largest absolute Gasteiger partial charge is 0.444 e. The van der Waals surface area contributed by atoms with Crippen molar-refractivity contribution < 1.29 is 9.53 Å². The molecule has 0 aromatic rings. The van der Waals surface area contributed by atoms with Crippen LogP contribution in [-0.2, 0) is 4.74 Å². The van der Waals surface area contributed by atoms with Crippen LogP contribution in [0.15, 0.2) is 0 Å². The lowest BCUT2D eigenvalue weighted by Gasteiger charge is -2.01. The van der Waals surface area contributed by atoms with Gasteiger partial charge in [-0.25, -0.2) is 4.79 Å². The Bertz CT molecular complexity index is 129. The van der Waals surface area contributed by atoms with Crippen molar-refractivity contribution in [2.75, 3.05) is 13.6 Å². The van der Waals surface area contributed by atoms with Crippen LogP contribution in [0, 0.1) is 0 Å². The van der Waals surface area contributed by atoms with Crippen LogP contribution in [0.1, 0.15) is 13.3 Å². The highest BCUT2D eigenvalue weighted by Crippen LogP contribution is 2.10. The molecule has 1 rings (SSSR count). The van der Waals surface area contributed by atoms with Crippen molar-refractivity contribution >= 4 is 19.6 Å². The fraction of sp³-hybridized carbons (Fsp3) is 0.833. The second kappa shape index (κ2) is 3.71. The van der Waals surface area contributed by atoms with E-state index in [-0.39, 0.29) is 25.7 Å². The van der Waals surface area contributed by atoms with Gasteiger partial charge in [0.25, 0.3) is 0 Å². The molecule has 0 aromatic carbocycles. The summed E-state index contributed by atoms with van der Waals surface area (Å²) in [5.41, 5.74) is 0. The summed E-state index contributed by atoms with van der Waals surface area (Å²) >= 11 is 0. The number of nitrogens with zero attached hydrogens (tertiary/aromatic N) is 1. The maximum atomic E-state index is 10.6. The first-order valence-corrected chi connectivity index (χ1v) is 3.15. The molecule has 1 aliphatic heterocycles. The molecule has 4 heteroatoms. The molecule has 0 radical (unpaired) electrons. The lowest BCUT2D eigenvalue weighted by Crippen LogP contribution is -2.18. The lowest BCUT2D eigenvalue weighted by molar-refractivity contribution is 0.132. The predicted molar refractivity (Wildman–Crippen MR) is 43.6 cm³/mol. The van der Waals surface area contributed by atoms with E-state index in [1.54, 1.807) is 11.9 Å². The van der Waals surface area contributed by atoms with Crippen molar-refractivity contribution in [2.45, 2.75) is 19.4 Å². The first-order valence-electron chi connectivity index (χ1n) is 3.15. The minimum Gasteiger partial charge on any atom is -0.444 e. The lowest BCUT2D eigenvalue weighted by atomic mass is 10.3. The minimum atomic E-state index is -0.193. The fourth-order valence-electron chi connectivity index (χ4n) is 0.862. The Balaban J connectivity index is 0.000000810. The standard InChI is InChI=1S/C6H11NO2.H2S/c1-3-5-4-7(2)6(8)9-5;/h5H,3-4H2,1-2H3;1H2/t5-;/m0./s1. The van der Waals surface area contributed by atoms with Crippen LogP contribution in [0.4, 0.5) is 4.79 Å². The van der Waals surface area contributed by atoms with E-state index in [9.17, 15) is 4.79 Å². The van der Waals surface area contributed by atoms with Gasteiger partial charge in [0.15, 0.2) is 0 Å². The molecule has 0 spiro atoms. The Morgan fingerprint density at radius 2 is 2.40 bits per heavy atom. The number of hydrogen-bond acceptors (Lipinski definition) is 2. The van der Waals surface area contributed by atoms with E-state index < -0.39 is 0 Å². The average molecular weight is 163 g/mol. The topological polar surface area (TPSA) is 29.5 Å². The Hall–Kier alpha value is -0.380. The van der Waals surface area contributed by atoms with Gasteiger partial charge >= 0.3 is 6.09 Å². The van der Waals surface area contributed by atoms with Gasteiger partial charge in [0.1, 0.15) is 6.10 Å². The van der Waals surface area contributed by atoms with Crippen molar-refractivity contribution in [3.63, 3.8) is 0 Å². The minimum absolute atomic E-state index is 0. The van der Waals surface area contributed by atoms with Crippen LogP contribution in [0.25, 0.3) is 0 Å². The van der Waals surface area contributed by atoms with Crippen LogP contribution in [0.3, 0.4) is 0 Å². The molecular weight excluding hydrogens is 150 g/mol. The van der Waals surface area contributed by atoms with Gasteiger partial charge in [-0.15, -0.1) is 0 Å². The molecule has 0 aliphatic carbocycles. The summed E-state index contributed by atoms with van der Waals surface area (Å²) in [5.74, 6) is 0. The molecule has 1 saturated heterocycles. The molecule has 10 heavy (non-hydrogen) atoms. The molecule has 60 valence electrons. The summed E-state index contributed by atoms with van der Waals surface area (Å²) < 4.78 is 4.91. The number of amides is 1. The van der Waals surface area contributed by atoms with E-state index >= 15 is 0 Å². The van der Waals surface area contributed by atoms with Gasteiger partial charge in [-0.05, 0) is 6.42 Å². The van der Waals surface area contributed by atoms with E-state index in [2.05, 4.69) is 0 Å². The zero-order valence-electron chi connectivity index (χ0n) is 6.26. The highest BCUT2D eigenvalue weighted by atomic mass is 32.1. The highest BCUT2D eigenvalue weighted by Gasteiger charge is 2.25. The van der Waals surface area contributed by atoms with Gasteiger partial charge in [0, 0.05) is 7.05 Å². The fourth-order valence-corrected chi connectivity index (χ4v) is 0.862. The molecule has 1 fully saturated rings. The third-order valence-electron chi connectivity index (χ3n) is 1.51. The molecule has 0 bridgehead atoms. The van der Waals surface area contributed by atoms with Crippen molar-refractivity contribution in [3.05, 3.63) is 0 Å². The summed E-state index contributed by atoms with van der Waals surface area (Å²) in [6, 6.07) is 0. The number of rotatable bonds is 1. The van der Waals surface area contributed by atoms with Crippen molar-refractivity contribution in [1.82, 2.24) is 4.90 Å². The molecule has 0 aromatic heterocycles. The van der Waals surface area contributed by atoms with Crippen LogP contribution >= 0.6 is 13.5 Å². The monoisotopic (exact) mass is 163 g/mol. The second-order valence-electron chi connectivity index (χ2n) is 2.29. The van der Waals surface area contributed by atoms with Crippen molar-refractivity contribution in [1.29, 1.82) is 0 Å². The van der Waals surface area contributed by atoms with E-state index in [0.717, 1.165) is 13.0 Å². The molecule has 1 aliphatic rings. The number of hydrogen-bond donors (Lipinski definition) is 0. The Kier molecular flexibility index (Phi) is 3.57. The third kappa shape index (κ3) is 1.80. The summed E-state index contributed by atoms with van der Waals surface area (Å²) in [7, 11) is 1.75. The van der Waals surface area contributed by atoms with Gasteiger partial charge in [-0.2, -0.15) is 13.5 Å². The SMILES string of the molecule is CC[C@H]1CN(C)C(=O)O1.S. The summed E-state index contributed by atoms with van der Waals surface area (Å²) in [6.45, 7) is 2.76. The van der Waals surface area contributed by atoms with E-state index in [4.69, 9.17) is 4.74 Å². The maximum absolute atomic E-state index is 10.6. The Morgan fingerprint density at radius 1 is 1.80 bits per heavy atom. The molecule has 1 heterocycles. The van der Waals surface area contributed by atoms with Gasteiger partial charge in [-0.1, -0.05) is 6.92 Å². The quantitative estimate of drug-likeness (QED) is 0.576. The molecule has 1 amide bonds. The number of likely N-dealkylation sites (N-methyl/N-ethyl adjacent to an activating group) is 1. The third-order valence-corrected chi connectivity index (χ3v) is 1.51. The Morgan fingerprint density at radius 3 is 2.60 bits per heavy atom. The molecule has 0 N–H and O–H groups in total. The van der Waals surface area contributed by atoms with Gasteiger partial charge < -0.3 is 9.64 Å². The first-order chi connectivity index (χ1) is 4.24. The number of carbonyl (C=O) groups is 1. The zero-order chi connectivity index (χ0) is 6.85. The highest BCUT2D eigenvalue weighted by molar-refractivity contribution is 7.59. The molecule has 0 unspecified atom stereocenters. The Labute approximate surface area is 67.8 Å². The van der Waals surface area contributed by atoms with E-state index in [0.29, 0.717) is 0 Å². The predicted octanol–water partition coefficient (Wildman–Crippen LogP) is 0.960. The summed E-state index contributed by atoms with van der Waals surface area (Å²) in [6.07, 6.45) is 0.847. The summed E-state index contributed by atoms with van der Waals surface area (Å²) in [4.78, 5) is 12.2. The first kappa shape index (κ1) is 9.62. The van der Waals surface area contributed by atoms with Crippen molar-refractivity contribution in [3.8, 4) is 0 Å². The molecule has 0 saturated carbocycles. The van der Waals surface area contributed by atoms with Crippen LogP contribution < -0.4 is 0 Å². The average Bonchev–Trinajstić information content (AvgIpc) is 2.13. The smallest absolute Gasteiger partial charge is 0.409 e. The van der Waals surface area contributed by atoms with Crippen LogP contribution in [-0.4, -0.2) is 30.7 Å². The summed E-state index contributed by atoms with van der Waals surface area (Å²) in [5, 5.41) is 0. The maximum Gasteiger partial charge on any atom is 0.409 e. The van der Waals surface area contributed by atoms with Crippen LogP contribution in [0.5, 0.6) is 0 Å². The molecule has 1 atom stereocenters. The van der Waals surface area contributed by atoms with E-state index in [1.165, 1.54) is 0 Å². The number of ether oxygens (including phenoxy) is 1. The number of carbonyl (C=O) groups excluding carboxylic acids is 1. The molecular formula is C6H13NO2S. The van der Waals surface area contributed by atoms with Gasteiger partial charge in [0.05, 0.1) is 6.54 Å². The van der Waals surface area contributed by atoms with Gasteiger partial charge in [0.2, 0.25) is 0 Å². The van der Waals surface area contributed by atoms with E-state index in [1.807, 2.05) is 6.92 Å². The van der Waals surface area contributed by atoms with Crippen LogP contribution in [0.2, 0.25) is 0 Å². The zero-order valence-corrected chi connectivity index (χ0v) is 7.26. The normalized spacial score (nSPS) is 24.0. The van der Waals surface area contributed by atoms with Gasteiger partial charge in [-0.3, -0.25) is 0 Å². The van der Waals surface area contributed by atoms with Crippen molar-refractivity contribution in [2.24, 2.45) is 0 Å².